The number of rotatable bonds is 6. The van der Waals surface area contributed by atoms with Crippen LogP contribution in [-0.2, 0) is 17.8 Å². The van der Waals surface area contributed by atoms with Crippen LogP contribution in [0.2, 0.25) is 0 Å². The standard InChI is InChI=1S/C21H19N5O3S/c1-3-15-8-4-5-10-18(15)26(14(2)27)20-23-16(13-30-20)12-25-19(24-29-21(25)28)17-9-6-7-11-22-17/h4-11,13H,3,12H2,1-2H3. The van der Waals surface area contributed by atoms with Gasteiger partial charge in [0.25, 0.3) is 0 Å². The Kier molecular flexibility index (Phi) is 5.53. The molecular weight excluding hydrogens is 402 g/mol. The van der Waals surface area contributed by atoms with Gasteiger partial charge in [0.1, 0.15) is 5.69 Å². The normalized spacial score (nSPS) is 10.9. The average molecular weight is 421 g/mol. The highest BCUT2D eigenvalue weighted by atomic mass is 32.1. The third kappa shape index (κ3) is 3.79. The largest absolute Gasteiger partial charge is 0.442 e. The molecule has 1 amide bonds. The van der Waals surface area contributed by atoms with Crippen LogP contribution in [0.3, 0.4) is 0 Å². The van der Waals surface area contributed by atoms with E-state index in [4.69, 9.17) is 4.52 Å². The first-order chi connectivity index (χ1) is 14.6. The Balaban J connectivity index is 1.68. The molecule has 0 unspecified atom stereocenters. The van der Waals surface area contributed by atoms with E-state index in [-0.39, 0.29) is 12.5 Å². The maximum atomic E-state index is 12.4. The van der Waals surface area contributed by atoms with Crippen molar-refractivity contribution in [3.8, 4) is 11.5 Å². The summed E-state index contributed by atoms with van der Waals surface area (Å²) >= 11 is 1.34. The summed E-state index contributed by atoms with van der Waals surface area (Å²) in [4.78, 5) is 35.1. The van der Waals surface area contributed by atoms with Crippen LogP contribution >= 0.6 is 11.3 Å². The molecule has 30 heavy (non-hydrogen) atoms. The van der Waals surface area contributed by atoms with Crippen molar-refractivity contribution in [3.05, 3.63) is 75.8 Å². The minimum atomic E-state index is -0.593. The first-order valence-electron chi connectivity index (χ1n) is 9.39. The van der Waals surface area contributed by atoms with Gasteiger partial charge in [-0.15, -0.1) is 11.3 Å². The Morgan fingerprint density at radius 3 is 2.73 bits per heavy atom. The van der Waals surface area contributed by atoms with Crippen LogP contribution in [0.15, 0.2) is 63.4 Å². The topological polar surface area (TPSA) is 94.1 Å². The van der Waals surface area contributed by atoms with Crippen LogP contribution in [0.4, 0.5) is 10.8 Å². The van der Waals surface area contributed by atoms with E-state index in [2.05, 4.69) is 15.1 Å². The van der Waals surface area contributed by atoms with Gasteiger partial charge in [0.15, 0.2) is 5.13 Å². The zero-order valence-corrected chi connectivity index (χ0v) is 17.3. The van der Waals surface area contributed by atoms with E-state index in [0.29, 0.717) is 22.3 Å². The zero-order chi connectivity index (χ0) is 21.1. The number of hydrogen-bond acceptors (Lipinski definition) is 7. The molecule has 0 spiro atoms. The second kappa shape index (κ2) is 8.42. The molecule has 9 heteroatoms. The summed E-state index contributed by atoms with van der Waals surface area (Å²) < 4.78 is 6.22. The third-order valence-corrected chi connectivity index (χ3v) is 5.43. The summed E-state index contributed by atoms with van der Waals surface area (Å²) in [5.41, 5.74) is 3.01. The minimum Gasteiger partial charge on any atom is -0.295 e. The van der Waals surface area contributed by atoms with E-state index >= 15 is 0 Å². The molecule has 0 atom stereocenters. The highest BCUT2D eigenvalue weighted by molar-refractivity contribution is 7.14. The second-order valence-corrected chi connectivity index (χ2v) is 7.37. The van der Waals surface area contributed by atoms with Gasteiger partial charge in [0.05, 0.1) is 17.9 Å². The van der Waals surface area contributed by atoms with Gasteiger partial charge in [0, 0.05) is 18.5 Å². The molecule has 4 rings (SSSR count). The molecule has 0 saturated carbocycles. The van der Waals surface area contributed by atoms with Crippen LogP contribution < -0.4 is 10.7 Å². The van der Waals surface area contributed by atoms with Crippen molar-refractivity contribution in [1.82, 2.24) is 19.7 Å². The van der Waals surface area contributed by atoms with Crippen molar-refractivity contribution in [1.29, 1.82) is 0 Å². The first kappa shape index (κ1) is 19.7. The Morgan fingerprint density at radius 2 is 2.00 bits per heavy atom. The number of aryl methyl sites for hydroxylation is 1. The molecule has 3 aromatic heterocycles. The molecule has 0 radical (unpaired) electrons. The molecule has 0 aliphatic rings. The molecule has 152 valence electrons. The summed E-state index contributed by atoms with van der Waals surface area (Å²) in [6.07, 6.45) is 2.41. The molecule has 0 N–H and O–H groups in total. The highest BCUT2D eigenvalue weighted by Gasteiger charge is 2.21. The van der Waals surface area contributed by atoms with Crippen molar-refractivity contribution in [2.75, 3.05) is 4.90 Å². The number of pyridine rings is 1. The van der Waals surface area contributed by atoms with Gasteiger partial charge in [-0.3, -0.25) is 19.2 Å². The number of nitrogens with zero attached hydrogens (tertiary/aromatic N) is 5. The fourth-order valence-corrected chi connectivity index (χ4v) is 4.03. The van der Waals surface area contributed by atoms with Gasteiger partial charge < -0.3 is 0 Å². The van der Waals surface area contributed by atoms with Crippen LogP contribution in [0.1, 0.15) is 25.1 Å². The lowest BCUT2D eigenvalue weighted by Crippen LogP contribution is -2.24. The van der Waals surface area contributed by atoms with E-state index < -0.39 is 5.76 Å². The molecule has 0 fully saturated rings. The summed E-state index contributed by atoms with van der Waals surface area (Å²) in [6.45, 7) is 3.71. The predicted molar refractivity (Wildman–Crippen MR) is 114 cm³/mol. The van der Waals surface area contributed by atoms with Gasteiger partial charge in [-0.25, -0.2) is 14.3 Å². The summed E-state index contributed by atoms with van der Waals surface area (Å²) in [7, 11) is 0. The maximum Gasteiger partial charge on any atom is 0.442 e. The monoisotopic (exact) mass is 421 g/mol. The quantitative estimate of drug-likeness (QED) is 0.472. The van der Waals surface area contributed by atoms with E-state index in [1.807, 2.05) is 42.6 Å². The number of thiazole rings is 1. The Morgan fingerprint density at radius 1 is 1.20 bits per heavy atom. The second-order valence-electron chi connectivity index (χ2n) is 6.53. The van der Waals surface area contributed by atoms with Crippen LogP contribution in [0.25, 0.3) is 11.5 Å². The van der Waals surface area contributed by atoms with Crippen LogP contribution in [0, 0.1) is 0 Å². The Bertz CT molecular complexity index is 1230. The number of aromatic nitrogens is 4. The first-order valence-corrected chi connectivity index (χ1v) is 10.3. The lowest BCUT2D eigenvalue weighted by Gasteiger charge is -2.20. The average Bonchev–Trinajstić information content (AvgIpc) is 3.36. The van der Waals surface area contributed by atoms with Gasteiger partial charge >= 0.3 is 5.76 Å². The van der Waals surface area contributed by atoms with Gasteiger partial charge in [-0.05, 0) is 30.2 Å². The molecule has 3 heterocycles. The SMILES string of the molecule is CCc1ccccc1N(C(C)=O)c1nc(Cn2c(-c3ccccn3)noc2=O)cs1. The Hall–Kier alpha value is -3.59. The van der Waals surface area contributed by atoms with E-state index in [1.54, 1.807) is 23.2 Å². The zero-order valence-electron chi connectivity index (χ0n) is 16.5. The molecule has 0 aliphatic heterocycles. The number of carbonyl (C=O) groups excluding carboxylic acids is 1. The molecule has 0 bridgehead atoms. The molecule has 8 nitrogen and oxygen atoms in total. The Labute approximate surface area is 176 Å². The van der Waals surface area contributed by atoms with Crippen LogP contribution in [-0.4, -0.2) is 25.6 Å². The van der Waals surface area contributed by atoms with Gasteiger partial charge in [-0.1, -0.05) is 36.3 Å². The number of benzene rings is 1. The maximum absolute atomic E-state index is 12.4. The number of anilines is 2. The highest BCUT2D eigenvalue weighted by Crippen LogP contribution is 2.32. The molecule has 1 aromatic carbocycles. The lowest BCUT2D eigenvalue weighted by atomic mass is 10.1. The van der Waals surface area contributed by atoms with E-state index in [0.717, 1.165) is 17.7 Å². The smallest absolute Gasteiger partial charge is 0.295 e. The number of carbonyl (C=O) groups is 1. The van der Waals surface area contributed by atoms with Crippen LogP contribution in [0.5, 0.6) is 0 Å². The summed E-state index contributed by atoms with van der Waals surface area (Å²) in [5.74, 6) is -0.395. The van der Waals surface area contributed by atoms with Crippen molar-refractivity contribution in [2.45, 2.75) is 26.8 Å². The summed E-state index contributed by atoms with van der Waals surface area (Å²) in [6, 6.07) is 13.1. The lowest BCUT2D eigenvalue weighted by molar-refractivity contribution is -0.115. The van der Waals surface area contributed by atoms with E-state index in [1.165, 1.54) is 22.8 Å². The number of para-hydroxylation sites is 1. The fourth-order valence-electron chi connectivity index (χ4n) is 3.16. The van der Waals surface area contributed by atoms with Gasteiger partial charge in [0.2, 0.25) is 11.7 Å². The third-order valence-electron chi connectivity index (χ3n) is 4.56. The summed E-state index contributed by atoms with van der Waals surface area (Å²) in [5, 5.41) is 6.21. The number of amides is 1. The van der Waals surface area contributed by atoms with Crippen molar-refractivity contribution in [3.63, 3.8) is 0 Å². The predicted octanol–water partition coefficient (Wildman–Crippen LogP) is 3.65. The molecule has 4 aromatic rings. The minimum absolute atomic E-state index is 0.131. The van der Waals surface area contributed by atoms with Crippen molar-refractivity contribution in [2.24, 2.45) is 0 Å². The number of hydrogen-bond donors (Lipinski definition) is 0. The molecular formula is C21H19N5O3S. The van der Waals surface area contributed by atoms with Gasteiger partial charge in [-0.2, -0.15) is 0 Å². The fraction of sp³-hybridized carbons (Fsp3) is 0.190. The van der Waals surface area contributed by atoms with E-state index in [9.17, 15) is 9.59 Å². The van der Waals surface area contributed by atoms with Crippen molar-refractivity contribution >= 4 is 28.1 Å². The van der Waals surface area contributed by atoms with Crippen molar-refractivity contribution < 1.29 is 9.32 Å². The molecule has 0 aliphatic carbocycles. The molecule has 0 saturated heterocycles.